The first kappa shape index (κ1) is 25.0. The van der Waals surface area contributed by atoms with Crippen molar-refractivity contribution in [2.75, 3.05) is 6.54 Å². The van der Waals surface area contributed by atoms with E-state index < -0.39 is 16.7 Å². The van der Waals surface area contributed by atoms with E-state index in [1.54, 1.807) is 29.3 Å². The van der Waals surface area contributed by atoms with E-state index in [-0.39, 0.29) is 30.2 Å². The molecule has 1 heterocycles. The van der Waals surface area contributed by atoms with Crippen LogP contribution < -0.4 is 0 Å². The number of rotatable bonds is 10. The van der Waals surface area contributed by atoms with Gasteiger partial charge in [-0.15, -0.1) is 0 Å². The molecule has 9 heteroatoms. The van der Waals surface area contributed by atoms with E-state index in [4.69, 9.17) is 0 Å². The lowest BCUT2D eigenvalue weighted by atomic mass is 10.1. The number of carbonyl (C=O) groups is 1. The zero-order chi connectivity index (χ0) is 24.7. The van der Waals surface area contributed by atoms with Crippen molar-refractivity contribution in [2.45, 2.75) is 45.5 Å². The highest BCUT2D eigenvalue weighted by molar-refractivity contribution is 5.94. The van der Waals surface area contributed by atoms with E-state index in [0.717, 1.165) is 37.1 Å². The molecule has 0 N–H and O–H groups in total. The predicted molar refractivity (Wildman–Crippen MR) is 122 cm³/mol. The lowest BCUT2D eigenvalue weighted by Crippen LogP contribution is -2.32. The number of nitro benzene ring substituents is 1. The monoisotopic (exact) mass is 473 g/mol. The summed E-state index contributed by atoms with van der Waals surface area (Å²) in [5, 5.41) is 11.1. The van der Waals surface area contributed by atoms with Gasteiger partial charge in [0.2, 0.25) is 0 Å². The summed E-state index contributed by atoms with van der Waals surface area (Å²) < 4.78 is 41.1. The Balaban J connectivity index is 1.83. The fourth-order valence-electron chi connectivity index (χ4n) is 3.73. The second kappa shape index (κ2) is 11.0. The number of hydrogen-bond acceptors (Lipinski definition) is 3. The summed E-state index contributed by atoms with van der Waals surface area (Å²) in [4.78, 5) is 25.4. The van der Waals surface area contributed by atoms with Crippen LogP contribution in [0.15, 0.2) is 66.9 Å². The molecule has 0 saturated carbocycles. The summed E-state index contributed by atoms with van der Waals surface area (Å²) in [6, 6.07) is 14.4. The SMILES string of the molecule is CCCCCN(Cc1cccn1Cc1cccc(C(F)(F)F)c1)C(=O)c1cccc([N+](=O)[O-])c1. The first-order valence-corrected chi connectivity index (χ1v) is 11.0. The highest BCUT2D eigenvalue weighted by Crippen LogP contribution is 2.30. The Morgan fingerprint density at radius 3 is 2.53 bits per heavy atom. The normalized spacial score (nSPS) is 11.4. The molecule has 0 spiro atoms. The molecule has 34 heavy (non-hydrogen) atoms. The molecule has 0 fully saturated rings. The fourth-order valence-corrected chi connectivity index (χ4v) is 3.73. The number of benzene rings is 2. The standard InChI is InChI=1S/C25H26F3N3O3/c1-2-3-4-13-30(24(32)20-9-6-11-22(16-20)31(33)34)18-23-12-7-14-29(23)17-19-8-5-10-21(15-19)25(26,27)28/h5-12,14-16H,2-4,13,17-18H2,1H3. The third-order valence-electron chi connectivity index (χ3n) is 5.51. The van der Waals surface area contributed by atoms with Gasteiger partial charge in [-0.25, -0.2) is 0 Å². The van der Waals surface area contributed by atoms with Crippen LogP contribution in [-0.2, 0) is 19.3 Å². The third kappa shape index (κ3) is 6.46. The van der Waals surface area contributed by atoms with Crippen molar-refractivity contribution >= 4 is 11.6 Å². The molecule has 1 amide bonds. The maximum absolute atomic E-state index is 13.2. The van der Waals surface area contributed by atoms with Gasteiger partial charge in [-0.05, 0) is 42.3 Å². The highest BCUT2D eigenvalue weighted by atomic mass is 19.4. The van der Waals surface area contributed by atoms with Crippen LogP contribution >= 0.6 is 0 Å². The molecule has 180 valence electrons. The Bertz CT molecular complexity index is 1140. The van der Waals surface area contributed by atoms with Crippen molar-refractivity contribution in [2.24, 2.45) is 0 Å². The third-order valence-corrected chi connectivity index (χ3v) is 5.51. The molecule has 0 saturated heterocycles. The number of aromatic nitrogens is 1. The largest absolute Gasteiger partial charge is 0.416 e. The van der Waals surface area contributed by atoms with Crippen molar-refractivity contribution in [3.63, 3.8) is 0 Å². The second-order valence-corrected chi connectivity index (χ2v) is 8.07. The van der Waals surface area contributed by atoms with Gasteiger partial charge in [0.15, 0.2) is 0 Å². The summed E-state index contributed by atoms with van der Waals surface area (Å²) in [5.41, 5.74) is 0.609. The van der Waals surface area contributed by atoms with Gasteiger partial charge in [0.25, 0.3) is 11.6 Å². The number of alkyl halides is 3. The van der Waals surface area contributed by atoms with Gasteiger partial charge < -0.3 is 9.47 Å². The van der Waals surface area contributed by atoms with Crippen molar-refractivity contribution in [1.82, 2.24) is 9.47 Å². The van der Waals surface area contributed by atoms with Gasteiger partial charge in [-0.2, -0.15) is 13.2 Å². The second-order valence-electron chi connectivity index (χ2n) is 8.07. The average molecular weight is 473 g/mol. The minimum absolute atomic E-state index is 0.160. The summed E-state index contributed by atoms with van der Waals surface area (Å²) in [7, 11) is 0. The smallest absolute Gasteiger partial charge is 0.345 e. The fraction of sp³-hybridized carbons (Fsp3) is 0.320. The van der Waals surface area contributed by atoms with Gasteiger partial charge in [0.05, 0.1) is 17.0 Å². The van der Waals surface area contributed by atoms with E-state index in [2.05, 4.69) is 0 Å². The van der Waals surface area contributed by atoms with Crippen LogP contribution in [-0.4, -0.2) is 26.8 Å². The van der Waals surface area contributed by atoms with Crippen LogP contribution in [0.1, 0.15) is 53.4 Å². The summed E-state index contributed by atoms with van der Waals surface area (Å²) in [6.45, 7) is 2.97. The number of non-ortho nitro benzene ring substituents is 1. The Kier molecular flexibility index (Phi) is 8.09. The van der Waals surface area contributed by atoms with Crippen LogP contribution in [0.25, 0.3) is 0 Å². The minimum Gasteiger partial charge on any atom is -0.345 e. The van der Waals surface area contributed by atoms with Gasteiger partial charge >= 0.3 is 6.18 Å². The minimum atomic E-state index is -4.42. The number of unbranched alkanes of at least 4 members (excludes halogenated alkanes) is 2. The van der Waals surface area contributed by atoms with Crippen LogP contribution in [0, 0.1) is 10.1 Å². The van der Waals surface area contributed by atoms with Crippen molar-refractivity contribution < 1.29 is 22.9 Å². The molecular weight excluding hydrogens is 447 g/mol. The molecule has 6 nitrogen and oxygen atoms in total. The van der Waals surface area contributed by atoms with Crippen LogP contribution in [0.4, 0.5) is 18.9 Å². The molecular formula is C25H26F3N3O3. The van der Waals surface area contributed by atoms with E-state index in [1.165, 1.54) is 24.3 Å². The van der Waals surface area contributed by atoms with Gasteiger partial charge in [-0.3, -0.25) is 14.9 Å². The number of nitrogens with zero attached hydrogens (tertiary/aromatic N) is 3. The van der Waals surface area contributed by atoms with E-state index in [0.29, 0.717) is 12.1 Å². The van der Waals surface area contributed by atoms with Gasteiger partial charge in [0, 0.05) is 42.7 Å². The summed E-state index contributed by atoms with van der Waals surface area (Å²) >= 11 is 0. The molecule has 0 atom stereocenters. The molecule has 0 bridgehead atoms. The zero-order valence-electron chi connectivity index (χ0n) is 18.8. The van der Waals surface area contributed by atoms with E-state index >= 15 is 0 Å². The lowest BCUT2D eigenvalue weighted by molar-refractivity contribution is -0.384. The van der Waals surface area contributed by atoms with Crippen molar-refractivity contribution in [3.8, 4) is 0 Å². The van der Waals surface area contributed by atoms with Crippen LogP contribution in [0.3, 0.4) is 0 Å². The van der Waals surface area contributed by atoms with Crippen molar-refractivity contribution in [3.05, 3.63) is 99.4 Å². The molecule has 0 unspecified atom stereocenters. The molecule has 1 aromatic heterocycles. The van der Waals surface area contributed by atoms with Crippen LogP contribution in [0.5, 0.6) is 0 Å². The molecule has 0 radical (unpaired) electrons. The highest BCUT2D eigenvalue weighted by Gasteiger charge is 2.30. The Morgan fingerprint density at radius 1 is 1.06 bits per heavy atom. The molecule has 2 aromatic carbocycles. The van der Waals surface area contributed by atoms with Gasteiger partial charge in [0.1, 0.15) is 0 Å². The molecule has 0 aliphatic carbocycles. The molecule has 0 aliphatic rings. The molecule has 3 aromatic rings. The summed E-state index contributed by atoms with van der Waals surface area (Å²) in [6.07, 6.45) is -0.00575. The average Bonchev–Trinajstić information content (AvgIpc) is 3.24. The first-order valence-electron chi connectivity index (χ1n) is 11.0. The maximum atomic E-state index is 13.2. The number of carbonyl (C=O) groups excluding carboxylic acids is 1. The topological polar surface area (TPSA) is 68.4 Å². The number of amides is 1. The quantitative estimate of drug-likeness (QED) is 0.197. The predicted octanol–water partition coefficient (Wildman–Crippen LogP) is 6.30. The molecule has 3 rings (SSSR count). The van der Waals surface area contributed by atoms with Crippen LogP contribution in [0.2, 0.25) is 0 Å². The van der Waals surface area contributed by atoms with E-state index in [1.807, 2.05) is 17.6 Å². The molecule has 0 aliphatic heterocycles. The lowest BCUT2D eigenvalue weighted by Gasteiger charge is -2.24. The van der Waals surface area contributed by atoms with E-state index in [9.17, 15) is 28.1 Å². The maximum Gasteiger partial charge on any atom is 0.416 e. The van der Waals surface area contributed by atoms with Crippen molar-refractivity contribution in [1.29, 1.82) is 0 Å². The Hall–Kier alpha value is -3.62. The number of hydrogen-bond donors (Lipinski definition) is 0. The van der Waals surface area contributed by atoms with Gasteiger partial charge in [-0.1, -0.05) is 38.0 Å². The zero-order valence-corrected chi connectivity index (χ0v) is 18.8. The Morgan fingerprint density at radius 2 is 1.82 bits per heavy atom. The number of halogens is 3. The Labute approximate surface area is 195 Å². The first-order chi connectivity index (χ1) is 16.2. The summed E-state index contributed by atoms with van der Waals surface area (Å²) in [5.74, 6) is -0.327. The number of nitro groups is 1.